The third-order valence-electron chi connectivity index (χ3n) is 5.55. The summed E-state index contributed by atoms with van der Waals surface area (Å²) in [6, 6.07) is 0.566. The summed E-state index contributed by atoms with van der Waals surface area (Å²) in [5.74, 6) is -5.87. The van der Waals surface area contributed by atoms with Gasteiger partial charge >= 0.3 is 11.9 Å². The van der Waals surface area contributed by atoms with E-state index in [1.54, 1.807) is 13.8 Å². The van der Waals surface area contributed by atoms with E-state index in [0.29, 0.717) is 12.0 Å². The van der Waals surface area contributed by atoms with Crippen LogP contribution in [0, 0.1) is 5.92 Å². The Morgan fingerprint density at radius 2 is 1.49 bits per heavy atom. The van der Waals surface area contributed by atoms with Crippen LogP contribution < -0.4 is 33.2 Å². The summed E-state index contributed by atoms with van der Waals surface area (Å²) < 4.78 is 0. The molecule has 4 atom stereocenters. The summed E-state index contributed by atoms with van der Waals surface area (Å²) in [4.78, 5) is 65.1. The molecule has 0 radical (unpaired) electrons. The number of carboxylic acid groups (broad SMARTS) is 2. The highest BCUT2D eigenvalue weighted by atomic mass is 16.4. The van der Waals surface area contributed by atoms with Crippen LogP contribution in [0.4, 0.5) is 0 Å². The van der Waals surface area contributed by atoms with Crippen molar-refractivity contribution < 1.29 is 39.3 Å². The number of carbonyl (C=O) groups excluding carboxylic acids is 3. The summed E-state index contributed by atoms with van der Waals surface area (Å²) in [5.41, 5.74) is 16.9. The van der Waals surface area contributed by atoms with Gasteiger partial charge in [0.25, 0.3) is 0 Å². The molecule has 0 bridgehead atoms. The number of aromatic hydroxyl groups is 1. The molecule has 3 amide bonds. The smallest absolute Gasteiger partial charge is 0.326 e. The monoisotopic (exact) mass is 551 g/mol. The van der Waals surface area contributed by atoms with Crippen molar-refractivity contribution in [2.45, 2.75) is 63.7 Å². The summed E-state index contributed by atoms with van der Waals surface area (Å²) in [6.45, 7) is 3.60. The number of aliphatic imine (C=N–C) groups is 1. The van der Waals surface area contributed by atoms with Crippen LogP contribution in [0.25, 0.3) is 0 Å². The van der Waals surface area contributed by atoms with E-state index in [-0.39, 0.29) is 31.1 Å². The van der Waals surface area contributed by atoms with Crippen LogP contribution in [-0.2, 0) is 30.4 Å². The lowest BCUT2D eigenvalue weighted by Crippen LogP contribution is -2.59. The number of rotatable bonds is 16. The number of nitrogens with one attached hydrogen (secondary N) is 3. The molecule has 0 aliphatic rings. The largest absolute Gasteiger partial charge is 0.508 e. The number of hydrogen-bond acceptors (Lipinski definition) is 8. The summed E-state index contributed by atoms with van der Waals surface area (Å²) in [7, 11) is 0. The molecule has 1 rings (SSSR count). The van der Waals surface area contributed by atoms with Crippen LogP contribution in [0.15, 0.2) is 29.3 Å². The molecule has 0 aromatic heterocycles. The zero-order chi connectivity index (χ0) is 29.7. The highest BCUT2D eigenvalue weighted by molar-refractivity contribution is 5.94. The van der Waals surface area contributed by atoms with Gasteiger partial charge in [-0.15, -0.1) is 0 Å². The first-order valence-corrected chi connectivity index (χ1v) is 12.2. The number of phenolic OH excluding ortho intramolecular Hbond substituents is 1. The minimum absolute atomic E-state index is 0.0339. The number of guanidine groups is 1. The molecule has 4 unspecified atom stereocenters. The van der Waals surface area contributed by atoms with E-state index >= 15 is 0 Å². The van der Waals surface area contributed by atoms with Crippen LogP contribution in [0.2, 0.25) is 0 Å². The molecule has 1 aromatic carbocycles. The molecule has 0 spiro atoms. The average Bonchev–Trinajstić information content (AvgIpc) is 2.84. The molecule has 216 valence electrons. The van der Waals surface area contributed by atoms with E-state index in [1.807, 2.05) is 0 Å². The van der Waals surface area contributed by atoms with Gasteiger partial charge in [-0.05, 0) is 36.5 Å². The Balaban J connectivity index is 3.05. The predicted octanol–water partition coefficient (Wildman–Crippen LogP) is -2.01. The first kappa shape index (κ1) is 32.6. The van der Waals surface area contributed by atoms with Crippen molar-refractivity contribution >= 4 is 35.6 Å². The van der Waals surface area contributed by atoms with E-state index < -0.39 is 66.2 Å². The van der Waals surface area contributed by atoms with Crippen LogP contribution in [0.1, 0.15) is 38.7 Å². The number of nitrogens with two attached hydrogens (primary N) is 3. The second-order valence-corrected chi connectivity index (χ2v) is 9.21. The zero-order valence-corrected chi connectivity index (χ0v) is 21.8. The lowest BCUT2D eigenvalue weighted by atomic mass is 10.00. The molecule has 0 saturated heterocycles. The number of hydrogen-bond donors (Lipinski definition) is 9. The van der Waals surface area contributed by atoms with Gasteiger partial charge in [0.2, 0.25) is 17.7 Å². The zero-order valence-electron chi connectivity index (χ0n) is 21.8. The third-order valence-corrected chi connectivity index (χ3v) is 5.55. The van der Waals surface area contributed by atoms with Gasteiger partial charge in [0, 0.05) is 13.0 Å². The lowest BCUT2D eigenvalue weighted by Gasteiger charge is -2.27. The fraction of sp³-hybridized carbons (Fsp3) is 0.500. The molecule has 39 heavy (non-hydrogen) atoms. The van der Waals surface area contributed by atoms with Crippen LogP contribution in [0.3, 0.4) is 0 Å². The van der Waals surface area contributed by atoms with Gasteiger partial charge in [0.05, 0.1) is 12.5 Å². The van der Waals surface area contributed by atoms with Gasteiger partial charge < -0.3 is 48.5 Å². The Kier molecular flexibility index (Phi) is 13.2. The van der Waals surface area contributed by atoms with E-state index in [2.05, 4.69) is 20.9 Å². The Labute approximate surface area is 225 Å². The molecule has 1 aromatic rings. The van der Waals surface area contributed by atoms with Gasteiger partial charge in [0.15, 0.2) is 5.96 Å². The van der Waals surface area contributed by atoms with Gasteiger partial charge in [-0.1, -0.05) is 26.0 Å². The second kappa shape index (κ2) is 15.8. The van der Waals surface area contributed by atoms with Gasteiger partial charge in [-0.3, -0.25) is 24.2 Å². The molecule has 15 nitrogen and oxygen atoms in total. The maximum absolute atomic E-state index is 13.2. The SMILES string of the molecule is CC(C)C(NC(=O)C(N)CCCN=C(N)N)C(=O)NC(Cc1ccc(O)cc1)C(=O)NC(CC(=O)O)C(=O)O. The van der Waals surface area contributed by atoms with Crippen molar-refractivity contribution in [1.29, 1.82) is 0 Å². The van der Waals surface area contributed by atoms with E-state index in [4.69, 9.17) is 22.3 Å². The van der Waals surface area contributed by atoms with E-state index in [9.17, 15) is 34.2 Å². The number of carboxylic acids is 2. The molecule has 12 N–H and O–H groups in total. The molecular weight excluding hydrogens is 514 g/mol. The standard InChI is InChI=1S/C24H37N7O8/c1-12(2)19(31-20(35)15(25)4-3-9-28-24(26)27)22(37)29-16(10-13-5-7-14(32)8-6-13)21(36)30-17(23(38)39)11-18(33)34/h5-8,12,15-17,19,32H,3-4,9-11,25H2,1-2H3,(H,29,37)(H,30,36)(H,31,35)(H,33,34)(H,38,39)(H4,26,27,28). The van der Waals surface area contributed by atoms with E-state index in [0.717, 1.165) is 0 Å². The maximum Gasteiger partial charge on any atom is 0.326 e. The highest BCUT2D eigenvalue weighted by Crippen LogP contribution is 2.13. The quantitative estimate of drug-likeness (QED) is 0.0614. The Bertz CT molecular complexity index is 1040. The molecule has 0 saturated carbocycles. The number of nitrogens with zero attached hydrogens (tertiary/aromatic N) is 1. The fourth-order valence-corrected chi connectivity index (χ4v) is 3.43. The number of aliphatic carboxylic acids is 2. The topological polar surface area (TPSA) is 273 Å². The lowest BCUT2D eigenvalue weighted by molar-refractivity contribution is -0.147. The summed E-state index contributed by atoms with van der Waals surface area (Å²) in [6.07, 6.45) is -0.352. The molecule has 15 heteroatoms. The molecule has 0 aliphatic carbocycles. The Morgan fingerprint density at radius 1 is 0.897 bits per heavy atom. The van der Waals surface area contributed by atoms with Gasteiger partial charge in [-0.2, -0.15) is 0 Å². The van der Waals surface area contributed by atoms with Crippen molar-refractivity contribution in [3.05, 3.63) is 29.8 Å². The Morgan fingerprint density at radius 3 is 2.00 bits per heavy atom. The number of amides is 3. The van der Waals surface area contributed by atoms with Crippen LogP contribution >= 0.6 is 0 Å². The minimum Gasteiger partial charge on any atom is -0.508 e. The minimum atomic E-state index is -1.74. The molecule has 0 aliphatic heterocycles. The van der Waals surface area contributed by atoms with Crippen molar-refractivity contribution in [2.24, 2.45) is 28.1 Å². The number of phenols is 1. The van der Waals surface area contributed by atoms with Crippen molar-refractivity contribution in [3.8, 4) is 5.75 Å². The van der Waals surface area contributed by atoms with Crippen LogP contribution in [-0.4, -0.2) is 81.7 Å². The third kappa shape index (κ3) is 12.1. The van der Waals surface area contributed by atoms with Gasteiger partial charge in [0.1, 0.15) is 23.9 Å². The second-order valence-electron chi connectivity index (χ2n) is 9.21. The molecular formula is C24H37N7O8. The maximum atomic E-state index is 13.2. The summed E-state index contributed by atoms with van der Waals surface area (Å²) in [5, 5.41) is 35.0. The number of benzene rings is 1. The fourth-order valence-electron chi connectivity index (χ4n) is 3.43. The highest BCUT2D eigenvalue weighted by Gasteiger charge is 2.32. The average molecular weight is 552 g/mol. The van der Waals surface area contributed by atoms with E-state index in [1.165, 1.54) is 24.3 Å². The normalized spacial score (nSPS) is 13.8. The Hall–Kier alpha value is -4.40. The first-order chi connectivity index (χ1) is 18.2. The van der Waals surface area contributed by atoms with Crippen molar-refractivity contribution in [2.75, 3.05) is 6.54 Å². The first-order valence-electron chi connectivity index (χ1n) is 12.2. The van der Waals surface area contributed by atoms with Crippen LogP contribution in [0.5, 0.6) is 5.75 Å². The molecule has 0 heterocycles. The van der Waals surface area contributed by atoms with Gasteiger partial charge in [-0.25, -0.2) is 4.79 Å². The predicted molar refractivity (Wildman–Crippen MR) is 140 cm³/mol. The van der Waals surface area contributed by atoms with Crippen molar-refractivity contribution in [3.63, 3.8) is 0 Å². The van der Waals surface area contributed by atoms with Crippen molar-refractivity contribution in [1.82, 2.24) is 16.0 Å². The summed E-state index contributed by atoms with van der Waals surface area (Å²) >= 11 is 0. The number of carbonyl (C=O) groups is 5. The molecule has 0 fully saturated rings.